The topological polar surface area (TPSA) is 276 Å². The van der Waals surface area contributed by atoms with Crippen molar-refractivity contribution in [1.29, 1.82) is 0 Å². The highest BCUT2D eigenvalue weighted by molar-refractivity contribution is 7.47. The summed E-state index contributed by atoms with van der Waals surface area (Å²) in [6.45, 7) is 1.08. The molecule has 0 aromatic heterocycles. The minimum atomic E-state index is -5.37. The first kappa shape index (κ1) is 61.9. The van der Waals surface area contributed by atoms with Gasteiger partial charge in [0, 0.05) is 19.4 Å². The minimum absolute atomic E-state index is 0.0411. The summed E-state index contributed by atoms with van der Waals surface area (Å²) < 4.78 is 49.3. The molecule has 1 fully saturated rings. The van der Waals surface area contributed by atoms with Crippen LogP contribution in [0, 0.1) is 0 Å². The number of aliphatic hydroxyl groups excluding tert-OH is 5. The van der Waals surface area contributed by atoms with Gasteiger partial charge in [-0.15, -0.1) is 0 Å². The highest BCUT2D eigenvalue weighted by Gasteiger charge is 2.54. The second-order valence-electron chi connectivity index (χ2n) is 16.9. The third-order valence-electron chi connectivity index (χ3n) is 11.0. The minimum Gasteiger partial charge on any atom is -0.462 e. The van der Waals surface area contributed by atoms with E-state index in [2.05, 4.69) is 41.8 Å². The number of hydrogen-bond acceptors (Lipinski definition) is 14. The number of rotatable bonds is 41. The van der Waals surface area contributed by atoms with Gasteiger partial charge >= 0.3 is 27.6 Å². The lowest BCUT2D eigenvalue weighted by atomic mass is 9.85. The molecule has 8 atom stereocenters. The first-order valence-corrected chi connectivity index (χ1v) is 27.3. The molecule has 1 aliphatic rings. The van der Waals surface area contributed by atoms with Crippen molar-refractivity contribution in [1.82, 2.24) is 0 Å². The fourth-order valence-corrected chi connectivity index (χ4v) is 8.71. The van der Waals surface area contributed by atoms with Crippen LogP contribution >= 0.6 is 15.6 Å². The lowest BCUT2D eigenvalue weighted by Crippen LogP contribution is -2.64. The van der Waals surface area contributed by atoms with Gasteiger partial charge < -0.3 is 49.7 Å². The second-order valence-corrected chi connectivity index (χ2v) is 19.5. The smallest absolute Gasteiger partial charge is 0.462 e. The number of aliphatic hydroxyl groups is 5. The third kappa shape index (κ3) is 32.6. The van der Waals surface area contributed by atoms with Crippen molar-refractivity contribution in [3.63, 3.8) is 0 Å². The molecule has 0 saturated heterocycles. The quantitative estimate of drug-likeness (QED) is 0.0124. The molecule has 1 rings (SSSR count). The van der Waals surface area contributed by atoms with Crippen molar-refractivity contribution in [3.8, 4) is 0 Å². The Labute approximate surface area is 393 Å². The van der Waals surface area contributed by atoms with Crippen molar-refractivity contribution in [3.05, 3.63) is 48.6 Å². The Morgan fingerprint density at radius 2 is 0.955 bits per heavy atom. The second kappa shape index (κ2) is 38.7. The summed E-state index contributed by atoms with van der Waals surface area (Å²) in [6.07, 6.45) is 26.6. The Morgan fingerprint density at radius 3 is 1.45 bits per heavy atom. The van der Waals surface area contributed by atoms with Crippen LogP contribution in [0.1, 0.15) is 174 Å². The zero-order valence-corrected chi connectivity index (χ0v) is 41.1. The van der Waals surface area contributed by atoms with Crippen LogP contribution in [-0.4, -0.2) is 115 Å². The number of carbonyl (C=O) groups is 2. The van der Waals surface area contributed by atoms with E-state index in [1.807, 2.05) is 18.2 Å². The van der Waals surface area contributed by atoms with Gasteiger partial charge in [-0.05, 0) is 57.8 Å². The Hall–Kier alpha value is -2.08. The predicted molar refractivity (Wildman–Crippen MR) is 252 cm³/mol. The third-order valence-corrected chi connectivity index (χ3v) is 12.5. The fourth-order valence-electron chi connectivity index (χ4n) is 7.17. The molecule has 0 radical (unpaired) electrons. The fraction of sp³-hybridized carbons (Fsp3) is 0.787. The van der Waals surface area contributed by atoms with E-state index in [1.165, 1.54) is 64.2 Å². The standard InChI is InChI=1S/C47H84O17P2/c1-2-3-4-5-6-7-8-9-13-16-19-22-25-28-31-34-40(49)60-37-39(38-61-66(58,59)64-47-44(53)42(51)43(52)46(45(47)54)63-65(55,56)57)62-41(50)35-32-29-26-23-20-17-14-11-10-12-15-18-21-24-27-30-33-36-48/h10,12,14,17-18,21,23,26,39,42-48,51-54H,2-9,11,13,15-16,19-20,22,24-25,27-38H2,1H3,(H,58,59)(H2,55,56,57)/b12-10-,17-14-,21-18-,26-23-/t39-,42?,43?,44?,45?,46-,47+/m1/s1. The lowest BCUT2D eigenvalue weighted by Gasteiger charge is -2.43. The Balaban J connectivity index is 2.62. The maximum atomic E-state index is 13.0. The van der Waals surface area contributed by atoms with Gasteiger partial charge in [0.1, 0.15) is 43.2 Å². The molecule has 384 valence electrons. The van der Waals surface area contributed by atoms with Gasteiger partial charge in [0.25, 0.3) is 0 Å². The van der Waals surface area contributed by atoms with E-state index in [1.54, 1.807) is 0 Å². The number of esters is 2. The molecular weight excluding hydrogens is 898 g/mol. The monoisotopic (exact) mass is 983 g/mol. The van der Waals surface area contributed by atoms with Crippen molar-refractivity contribution in [2.45, 2.75) is 217 Å². The van der Waals surface area contributed by atoms with Gasteiger partial charge in [0.15, 0.2) is 6.10 Å². The van der Waals surface area contributed by atoms with E-state index in [9.17, 15) is 53.8 Å². The largest absolute Gasteiger partial charge is 0.472 e. The molecule has 5 unspecified atom stereocenters. The van der Waals surface area contributed by atoms with E-state index >= 15 is 0 Å². The van der Waals surface area contributed by atoms with E-state index in [-0.39, 0.29) is 19.4 Å². The van der Waals surface area contributed by atoms with Crippen LogP contribution in [0.3, 0.4) is 0 Å². The van der Waals surface area contributed by atoms with Crippen molar-refractivity contribution in [2.75, 3.05) is 19.8 Å². The van der Waals surface area contributed by atoms with Gasteiger partial charge in [-0.1, -0.05) is 152 Å². The van der Waals surface area contributed by atoms with Crippen LogP contribution in [-0.2, 0) is 41.8 Å². The molecule has 1 aliphatic carbocycles. The van der Waals surface area contributed by atoms with Gasteiger partial charge in [0.05, 0.1) is 6.61 Å². The molecular formula is C47H84O17P2. The number of hydrogen-bond donors (Lipinski definition) is 8. The van der Waals surface area contributed by atoms with Crippen LogP contribution in [0.15, 0.2) is 48.6 Å². The molecule has 19 heteroatoms. The number of ether oxygens (including phenoxy) is 2. The van der Waals surface area contributed by atoms with E-state index in [4.69, 9.17) is 23.6 Å². The van der Waals surface area contributed by atoms with E-state index < -0.39 is 83.5 Å². The Kier molecular flexibility index (Phi) is 36.3. The molecule has 1 saturated carbocycles. The number of allylic oxidation sites excluding steroid dienone is 8. The first-order chi connectivity index (χ1) is 31.6. The zero-order chi connectivity index (χ0) is 48.9. The van der Waals surface area contributed by atoms with Crippen LogP contribution < -0.4 is 0 Å². The summed E-state index contributed by atoms with van der Waals surface area (Å²) in [5.41, 5.74) is 0. The van der Waals surface area contributed by atoms with E-state index in [0.29, 0.717) is 25.7 Å². The highest BCUT2D eigenvalue weighted by Crippen LogP contribution is 2.49. The lowest BCUT2D eigenvalue weighted by molar-refractivity contribution is -0.216. The average Bonchev–Trinajstić information content (AvgIpc) is 3.27. The van der Waals surface area contributed by atoms with Crippen LogP contribution in [0.5, 0.6) is 0 Å². The van der Waals surface area contributed by atoms with Crippen molar-refractivity contribution >= 4 is 27.6 Å². The summed E-state index contributed by atoms with van der Waals surface area (Å²) in [6, 6.07) is 0. The summed E-state index contributed by atoms with van der Waals surface area (Å²) in [4.78, 5) is 54.3. The maximum Gasteiger partial charge on any atom is 0.472 e. The molecule has 0 heterocycles. The number of unbranched alkanes of at least 4 members (excludes halogenated alkanes) is 18. The average molecular weight is 983 g/mol. The number of phosphoric acid groups is 2. The van der Waals surface area contributed by atoms with Gasteiger partial charge in [-0.25, -0.2) is 9.13 Å². The summed E-state index contributed by atoms with van der Waals surface area (Å²) in [5.74, 6) is -1.28. The molecule has 17 nitrogen and oxygen atoms in total. The molecule has 0 amide bonds. The summed E-state index contributed by atoms with van der Waals surface area (Å²) >= 11 is 0. The summed E-state index contributed by atoms with van der Waals surface area (Å²) in [7, 11) is -10.7. The van der Waals surface area contributed by atoms with Crippen LogP contribution in [0.4, 0.5) is 0 Å². The molecule has 66 heavy (non-hydrogen) atoms. The van der Waals surface area contributed by atoms with Gasteiger partial charge in [0.2, 0.25) is 0 Å². The normalized spacial score (nSPS) is 21.9. The number of phosphoric ester groups is 2. The molecule has 0 bridgehead atoms. The SMILES string of the molecule is CCCCCCCCCCCCCCCCCC(=O)OC[C@H](COP(=O)(O)O[C@H]1C(O)C(O)C(O)[C@@H](OP(=O)(O)O)C1O)OC(=O)CCC/C=C\C/C=C\C/C=C\C/C=C\CCCCCO. The Bertz CT molecular complexity index is 1470. The first-order valence-electron chi connectivity index (χ1n) is 24.3. The number of carbonyl (C=O) groups excluding carboxylic acids is 2. The van der Waals surface area contributed by atoms with Crippen LogP contribution in [0.25, 0.3) is 0 Å². The predicted octanol–water partition coefficient (Wildman–Crippen LogP) is 8.26. The van der Waals surface area contributed by atoms with Crippen molar-refractivity contribution in [2.24, 2.45) is 0 Å². The van der Waals surface area contributed by atoms with E-state index in [0.717, 1.165) is 64.2 Å². The molecule has 0 aromatic carbocycles. The molecule has 0 aliphatic heterocycles. The van der Waals surface area contributed by atoms with Gasteiger partial charge in [-0.3, -0.25) is 23.2 Å². The summed E-state index contributed by atoms with van der Waals surface area (Å²) in [5, 5.41) is 50.0. The maximum absolute atomic E-state index is 13.0. The molecule has 0 aromatic rings. The highest BCUT2D eigenvalue weighted by atomic mass is 31.2. The van der Waals surface area contributed by atoms with Crippen molar-refractivity contribution < 1.29 is 82.0 Å². The molecule has 8 N–H and O–H groups in total. The van der Waals surface area contributed by atoms with Gasteiger partial charge in [-0.2, -0.15) is 0 Å². The molecule has 0 spiro atoms. The van der Waals surface area contributed by atoms with Crippen LogP contribution in [0.2, 0.25) is 0 Å². The Morgan fingerprint density at radius 1 is 0.515 bits per heavy atom. The zero-order valence-electron chi connectivity index (χ0n) is 39.3.